The Balaban J connectivity index is 0.00000338. The summed E-state index contributed by atoms with van der Waals surface area (Å²) in [5.41, 5.74) is 1.14. The molecule has 26 heavy (non-hydrogen) atoms. The third-order valence-electron chi connectivity index (χ3n) is 3.90. The third kappa shape index (κ3) is 8.15. The van der Waals surface area contributed by atoms with Crippen molar-refractivity contribution >= 4 is 29.9 Å². The number of halogens is 2. The van der Waals surface area contributed by atoms with E-state index in [1.54, 1.807) is 12.1 Å². The van der Waals surface area contributed by atoms with E-state index < -0.39 is 5.82 Å². The van der Waals surface area contributed by atoms with Gasteiger partial charge in [0.2, 0.25) is 0 Å². The van der Waals surface area contributed by atoms with Gasteiger partial charge in [-0.05, 0) is 37.5 Å². The van der Waals surface area contributed by atoms with E-state index in [4.69, 9.17) is 14.6 Å². The molecule has 0 aliphatic carbocycles. The van der Waals surface area contributed by atoms with Gasteiger partial charge in [0, 0.05) is 31.9 Å². The fourth-order valence-corrected chi connectivity index (χ4v) is 2.53. The molecule has 1 fully saturated rings. The Kier molecular flexibility index (Phi) is 11.7. The molecule has 1 heterocycles. The number of hydrogen-bond acceptors (Lipinski definition) is 4. The fraction of sp³-hybridized carbons (Fsp3) is 0.611. The molecule has 1 unspecified atom stereocenters. The van der Waals surface area contributed by atoms with Gasteiger partial charge in [-0.25, -0.2) is 9.38 Å². The first-order chi connectivity index (χ1) is 12.2. The number of rotatable bonds is 9. The molecule has 6 nitrogen and oxygen atoms in total. The summed E-state index contributed by atoms with van der Waals surface area (Å²) < 4.78 is 24.4. The van der Waals surface area contributed by atoms with Crippen LogP contribution in [0.15, 0.2) is 23.2 Å². The summed E-state index contributed by atoms with van der Waals surface area (Å²) in [5, 5.41) is 15.6. The average molecular weight is 481 g/mol. The van der Waals surface area contributed by atoms with Crippen molar-refractivity contribution in [3.8, 4) is 0 Å². The number of ether oxygens (including phenoxy) is 2. The largest absolute Gasteiger partial charge is 0.392 e. The van der Waals surface area contributed by atoms with Crippen LogP contribution >= 0.6 is 24.0 Å². The van der Waals surface area contributed by atoms with Crippen LogP contribution in [0.2, 0.25) is 0 Å². The van der Waals surface area contributed by atoms with Crippen molar-refractivity contribution < 1.29 is 19.0 Å². The summed E-state index contributed by atoms with van der Waals surface area (Å²) in [5.74, 6) is 0.314. The Morgan fingerprint density at radius 3 is 2.96 bits per heavy atom. The van der Waals surface area contributed by atoms with Crippen molar-refractivity contribution in [1.82, 2.24) is 10.6 Å². The van der Waals surface area contributed by atoms with Crippen molar-refractivity contribution in [2.45, 2.75) is 39.0 Å². The van der Waals surface area contributed by atoms with Crippen LogP contribution in [0.4, 0.5) is 4.39 Å². The number of nitrogens with zero attached hydrogens (tertiary/aromatic N) is 1. The first-order valence-corrected chi connectivity index (χ1v) is 8.82. The number of nitrogens with one attached hydrogen (secondary N) is 2. The summed E-state index contributed by atoms with van der Waals surface area (Å²) in [6, 6.07) is 4.68. The minimum atomic E-state index is -0.395. The van der Waals surface area contributed by atoms with Gasteiger partial charge in [-0.1, -0.05) is 6.07 Å². The van der Waals surface area contributed by atoms with Gasteiger partial charge in [-0.3, -0.25) is 0 Å². The lowest BCUT2D eigenvalue weighted by Gasteiger charge is -2.13. The van der Waals surface area contributed by atoms with Crippen LogP contribution in [0.5, 0.6) is 0 Å². The van der Waals surface area contributed by atoms with Crippen LogP contribution in [-0.2, 0) is 22.6 Å². The van der Waals surface area contributed by atoms with E-state index in [1.807, 2.05) is 6.92 Å². The van der Waals surface area contributed by atoms with Gasteiger partial charge in [0.25, 0.3) is 0 Å². The van der Waals surface area contributed by atoms with Gasteiger partial charge in [0.05, 0.1) is 25.9 Å². The highest BCUT2D eigenvalue weighted by atomic mass is 127. The van der Waals surface area contributed by atoms with Gasteiger partial charge >= 0.3 is 0 Å². The van der Waals surface area contributed by atoms with Crippen molar-refractivity contribution in [3.05, 3.63) is 35.1 Å². The fourth-order valence-electron chi connectivity index (χ4n) is 2.53. The maximum absolute atomic E-state index is 13.4. The molecule has 0 saturated carbocycles. The number of aliphatic hydroxyl groups is 1. The quantitative estimate of drug-likeness (QED) is 0.218. The molecule has 1 aliphatic rings. The van der Waals surface area contributed by atoms with Crippen LogP contribution in [-0.4, -0.2) is 50.1 Å². The lowest BCUT2D eigenvalue weighted by atomic mass is 10.1. The van der Waals surface area contributed by atoms with Gasteiger partial charge in [0.15, 0.2) is 5.96 Å². The Morgan fingerprint density at radius 1 is 1.42 bits per heavy atom. The minimum absolute atomic E-state index is 0. The highest BCUT2D eigenvalue weighted by Crippen LogP contribution is 2.11. The van der Waals surface area contributed by atoms with E-state index >= 15 is 0 Å². The summed E-state index contributed by atoms with van der Waals surface area (Å²) in [6.07, 6.45) is 2.10. The van der Waals surface area contributed by atoms with Crippen molar-refractivity contribution in [1.29, 1.82) is 0 Å². The Hall–Kier alpha value is -0.970. The number of benzene rings is 1. The number of aliphatic imine (C=N–C) groups is 1. The lowest BCUT2D eigenvalue weighted by Crippen LogP contribution is -2.38. The third-order valence-corrected chi connectivity index (χ3v) is 3.90. The number of hydrogen-bond donors (Lipinski definition) is 3. The molecule has 2 rings (SSSR count). The second-order valence-corrected chi connectivity index (χ2v) is 5.92. The van der Waals surface area contributed by atoms with Crippen molar-refractivity contribution in [2.24, 2.45) is 4.99 Å². The first-order valence-electron chi connectivity index (χ1n) is 8.82. The Morgan fingerprint density at radius 2 is 2.27 bits per heavy atom. The molecule has 1 aromatic rings. The van der Waals surface area contributed by atoms with Crippen LogP contribution in [0.1, 0.15) is 30.9 Å². The van der Waals surface area contributed by atoms with E-state index in [9.17, 15) is 4.39 Å². The molecule has 8 heteroatoms. The van der Waals surface area contributed by atoms with E-state index in [0.717, 1.165) is 38.1 Å². The molecular formula is C18H29FIN3O3. The highest BCUT2D eigenvalue weighted by molar-refractivity contribution is 14.0. The maximum atomic E-state index is 13.4. The number of aliphatic hydroxyl groups excluding tert-OH is 1. The highest BCUT2D eigenvalue weighted by Gasteiger charge is 2.15. The Labute approximate surface area is 171 Å². The minimum Gasteiger partial charge on any atom is -0.392 e. The molecule has 1 saturated heterocycles. The summed E-state index contributed by atoms with van der Waals surface area (Å²) in [7, 11) is 0. The van der Waals surface area contributed by atoms with E-state index in [2.05, 4.69) is 15.6 Å². The first kappa shape index (κ1) is 23.1. The molecule has 1 atom stereocenters. The van der Waals surface area contributed by atoms with Crippen LogP contribution in [0.3, 0.4) is 0 Å². The maximum Gasteiger partial charge on any atom is 0.191 e. The molecular weight excluding hydrogens is 452 g/mol. The van der Waals surface area contributed by atoms with Crippen LogP contribution in [0, 0.1) is 5.82 Å². The normalized spacial score (nSPS) is 17.0. The van der Waals surface area contributed by atoms with E-state index in [1.165, 1.54) is 6.07 Å². The predicted octanol–water partition coefficient (Wildman–Crippen LogP) is 2.19. The number of guanidine groups is 1. The molecule has 0 spiro atoms. The summed E-state index contributed by atoms with van der Waals surface area (Å²) in [6.45, 7) is 5.80. The van der Waals surface area contributed by atoms with Crippen molar-refractivity contribution in [3.63, 3.8) is 0 Å². The molecule has 0 amide bonds. The second kappa shape index (κ2) is 13.2. The molecule has 0 radical (unpaired) electrons. The molecule has 1 aromatic carbocycles. The second-order valence-electron chi connectivity index (χ2n) is 5.92. The van der Waals surface area contributed by atoms with Crippen LogP contribution < -0.4 is 10.6 Å². The van der Waals surface area contributed by atoms with Gasteiger partial charge < -0.3 is 25.2 Å². The van der Waals surface area contributed by atoms with Gasteiger partial charge in [-0.15, -0.1) is 24.0 Å². The smallest absolute Gasteiger partial charge is 0.191 e. The SMILES string of the molecule is CCNC(=NCc1ccc(F)c(CO)c1)NCCCOC1CCOC1.I. The molecule has 3 N–H and O–H groups in total. The zero-order chi connectivity index (χ0) is 17.9. The standard InChI is InChI=1S/C18H28FN3O3.HI/c1-2-20-18(21-7-3-8-25-16-6-9-24-13-16)22-11-14-4-5-17(19)15(10-14)12-23;/h4-5,10,16,23H,2-3,6-9,11-13H2,1H3,(H2,20,21,22);1H. The molecule has 0 aromatic heterocycles. The van der Waals surface area contributed by atoms with E-state index in [0.29, 0.717) is 31.3 Å². The topological polar surface area (TPSA) is 75.1 Å². The summed E-state index contributed by atoms with van der Waals surface area (Å²) in [4.78, 5) is 4.49. The van der Waals surface area contributed by atoms with E-state index in [-0.39, 0.29) is 36.7 Å². The monoisotopic (exact) mass is 481 g/mol. The van der Waals surface area contributed by atoms with Gasteiger partial charge in [-0.2, -0.15) is 0 Å². The zero-order valence-corrected chi connectivity index (χ0v) is 17.5. The molecule has 148 valence electrons. The van der Waals surface area contributed by atoms with Crippen LogP contribution in [0.25, 0.3) is 0 Å². The molecule has 1 aliphatic heterocycles. The summed E-state index contributed by atoms with van der Waals surface area (Å²) >= 11 is 0. The average Bonchev–Trinajstić information content (AvgIpc) is 3.13. The Bertz CT molecular complexity index is 554. The van der Waals surface area contributed by atoms with Gasteiger partial charge in [0.1, 0.15) is 5.82 Å². The van der Waals surface area contributed by atoms with Crippen molar-refractivity contribution in [2.75, 3.05) is 32.9 Å². The zero-order valence-electron chi connectivity index (χ0n) is 15.2. The molecule has 0 bridgehead atoms. The predicted molar refractivity (Wildman–Crippen MR) is 110 cm³/mol. The lowest BCUT2D eigenvalue weighted by molar-refractivity contribution is 0.0420.